The SMILES string of the molecule is CCC(NCCCC1CCCO1)C1CCCCC1. The van der Waals surface area contributed by atoms with Crippen LogP contribution < -0.4 is 5.32 Å². The second-order valence-electron chi connectivity index (χ2n) is 6.14. The number of nitrogens with one attached hydrogen (secondary N) is 1. The van der Waals surface area contributed by atoms with E-state index in [1.807, 2.05) is 0 Å². The van der Waals surface area contributed by atoms with Gasteiger partial charge in [0, 0.05) is 12.6 Å². The van der Waals surface area contributed by atoms with Crippen molar-refractivity contribution in [1.29, 1.82) is 0 Å². The molecule has 106 valence electrons. The van der Waals surface area contributed by atoms with Crippen LogP contribution in [0.4, 0.5) is 0 Å². The summed E-state index contributed by atoms with van der Waals surface area (Å²) in [5.74, 6) is 0.950. The Bertz CT molecular complexity index is 207. The molecule has 2 fully saturated rings. The molecule has 1 N–H and O–H groups in total. The van der Waals surface area contributed by atoms with Crippen molar-refractivity contribution in [2.45, 2.75) is 83.3 Å². The van der Waals surface area contributed by atoms with Crippen LogP contribution in [0.25, 0.3) is 0 Å². The summed E-state index contributed by atoms with van der Waals surface area (Å²) in [6.45, 7) is 4.53. The summed E-state index contributed by atoms with van der Waals surface area (Å²) in [4.78, 5) is 0. The smallest absolute Gasteiger partial charge is 0.0576 e. The van der Waals surface area contributed by atoms with Crippen molar-refractivity contribution < 1.29 is 4.74 Å². The van der Waals surface area contributed by atoms with E-state index in [1.54, 1.807) is 0 Å². The first kappa shape index (κ1) is 14.3. The van der Waals surface area contributed by atoms with Crippen molar-refractivity contribution in [3.05, 3.63) is 0 Å². The lowest BCUT2D eigenvalue weighted by molar-refractivity contribution is 0.102. The summed E-state index contributed by atoms with van der Waals surface area (Å²) >= 11 is 0. The molecule has 1 aliphatic heterocycles. The van der Waals surface area contributed by atoms with Gasteiger partial charge in [0.15, 0.2) is 0 Å². The highest BCUT2D eigenvalue weighted by Crippen LogP contribution is 2.27. The van der Waals surface area contributed by atoms with E-state index in [-0.39, 0.29) is 0 Å². The number of rotatable bonds is 7. The van der Waals surface area contributed by atoms with E-state index >= 15 is 0 Å². The van der Waals surface area contributed by atoms with E-state index < -0.39 is 0 Å². The highest BCUT2D eigenvalue weighted by atomic mass is 16.5. The molecule has 0 aromatic carbocycles. The average molecular weight is 253 g/mol. The van der Waals surface area contributed by atoms with Crippen LogP contribution in [0.1, 0.15) is 71.1 Å². The molecule has 0 aromatic heterocycles. The summed E-state index contributed by atoms with van der Waals surface area (Å²) in [6.07, 6.45) is 14.3. The van der Waals surface area contributed by atoms with Crippen LogP contribution in [-0.4, -0.2) is 25.3 Å². The maximum absolute atomic E-state index is 5.67. The second kappa shape index (κ2) is 8.16. The van der Waals surface area contributed by atoms with E-state index in [1.165, 1.54) is 70.8 Å². The molecular weight excluding hydrogens is 222 g/mol. The molecule has 1 heterocycles. The molecule has 2 aliphatic rings. The van der Waals surface area contributed by atoms with E-state index in [0.717, 1.165) is 18.6 Å². The molecule has 2 unspecified atom stereocenters. The molecule has 0 amide bonds. The Balaban J connectivity index is 1.57. The minimum Gasteiger partial charge on any atom is -0.378 e. The number of hydrogen-bond donors (Lipinski definition) is 1. The Kier molecular flexibility index (Phi) is 6.50. The van der Waals surface area contributed by atoms with Gasteiger partial charge in [-0.3, -0.25) is 0 Å². The Morgan fingerprint density at radius 2 is 1.94 bits per heavy atom. The van der Waals surface area contributed by atoms with E-state index in [4.69, 9.17) is 4.74 Å². The van der Waals surface area contributed by atoms with Crippen LogP contribution in [0.15, 0.2) is 0 Å². The zero-order valence-corrected chi connectivity index (χ0v) is 12.1. The molecule has 0 radical (unpaired) electrons. The fraction of sp³-hybridized carbons (Fsp3) is 1.00. The van der Waals surface area contributed by atoms with Gasteiger partial charge in [-0.15, -0.1) is 0 Å². The third-order valence-corrected chi connectivity index (χ3v) is 4.79. The van der Waals surface area contributed by atoms with Crippen molar-refractivity contribution in [3.8, 4) is 0 Å². The van der Waals surface area contributed by atoms with Crippen LogP contribution in [0.5, 0.6) is 0 Å². The van der Waals surface area contributed by atoms with Crippen molar-refractivity contribution in [2.24, 2.45) is 5.92 Å². The van der Waals surface area contributed by atoms with Gasteiger partial charge in [0.25, 0.3) is 0 Å². The summed E-state index contributed by atoms with van der Waals surface area (Å²) in [6, 6.07) is 0.773. The summed E-state index contributed by atoms with van der Waals surface area (Å²) < 4.78 is 5.67. The predicted molar refractivity (Wildman–Crippen MR) is 76.9 cm³/mol. The van der Waals surface area contributed by atoms with E-state index in [9.17, 15) is 0 Å². The van der Waals surface area contributed by atoms with E-state index in [0.29, 0.717) is 6.10 Å². The van der Waals surface area contributed by atoms with Crippen LogP contribution in [0, 0.1) is 5.92 Å². The first-order valence-electron chi connectivity index (χ1n) is 8.25. The van der Waals surface area contributed by atoms with Gasteiger partial charge in [0.05, 0.1) is 6.10 Å². The standard InChI is InChI=1S/C16H31NO/c1-2-16(14-8-4-3-5-9-14)17-12-6-10-15-11-7-13-18-15/h14-17H,2-13H2,1H3. The second-order valence-corrected chi connectivity index (χ2v) is 6.14. The molecule has 0 aromatic rings. The van der Waals surface area contributed by atoms with Crippen molar-refractivity contribution >= 4 is 0 Å². The summed E-state index contributed by atoms with van der Waals surface area (Å²) in [5, 5.41) is 3.81. The average Bonchev–Trinajstić information content (AvgIpc) is 2.93. The highest BCUT2D eigenvalue weighted by Gasteiger charge is 2.21. The quantitative estimate of drug-likeness (QED) is 0.695. The van der Waals surface area contributed by atoms with Crippen LogP contribution >= 0.6 is 0 Å². The van der Waals surface area contributed by atoms with Gasteiger partial charge in [-0.05, 0) is 57.4 Å². The molecule has 2 nitrogen and oxygen atoms in total. The maximum Gasteiger partial charge on any atom is 0.0576 e. The molecule has 18 heavy (non-hydrogen) atoms. The van der Waals surface area contributed by atoms with Crippen molar-refractivity contribution in [2.75, 3.05) is 13.2 Å². The molecule has 1 saturated carbocycles. The van der Waals surface area contributed by atoms with Gasteiger partial charge in [-0.2, -0.15) is 0 Å². The molecule has 0 bridgehead atoms. The molecular formula is C16H31NO. The van der Waals surface area contributed by atoms with Gasteiger partial charge >= 0.3 is 0 Å². The first-order chi connectivity index (χ1) is 8.90. The van der Waals surface area contributed by atoms with Crippen molar-refractivity contribution in [1.82, 2.24) is 5.32 Å². The van der Waals surface area contributed by atoms with Gasteiger partial charge < -0.3 is 10.1 Å². The normalized spacial score (nSPS) is 27.5. The van der Waals surface area contributed by atoms with Gasteiger partial charge in [0.2, 0.25) is 0 Å². The molecule has 2 atom stereocenters. The van der Waals surface area contributed by atoms with Gasteiger partial charge in [0.1, 0.15) is 0 Å². The number of ether oxygens (including phenoxy) is 1. The molecule has 0 spiro atoms. The summed E-state index contributed by atoms with van der Waals surface area (Å²) in [7, 11) is 0. The lowest BCUT2D eigenvalue weighted by atomic mass is 9.83. The van der Waals surface area contributed by atoms with Gasteiger partial charge in [-0.1, -0.05) is 26.2 Å². The predicted octanol–water partition coefficient (Wildman–Crippen LogP) is 3.89. The van der Waals surface area contributed by atoms with Crippen LogP contribution in [-0.2, 0) is 4.74 Å². The Morgan fingerprint density at radius 1 is 1.11 bits per heavy atom. The third kappa shape index (κ3) is 4.55. The van der Waals surface area contributed by atoms with Gasteiger partial charge in [-0.25, -0.2) is 0 Å². The number of hydrogen-bond acceptors (Lipinski definition) is 2. The zero-order valence-electron chi connectivity index (χ0n) is 12.1. The van der Waals surface area contributed by atoms with Crippen LogP contribution in [0.2, 0.25) is 0 Å². The maximum atomic E-state index is 5.67. The van der Waals surface area contributed by atoms with Crippen molar-refractivity contribution in [3.63, 3.8) is 0 Å². The first-order valence-corrected chi connectivity index (χ1v) is 8.25. The third-order valence-electron chi connectivity index (χ3n) is 4.79. The lowest BCUT2D eigenvalue weighted by Crippen LogP contribution is -2.37. The zero-order chi connectivity index (χ0) is 12.6. The molecule has 1 aliphatic carbocycles. The highest BCUT2D eigenvalue weighted by molar-refractivity contribution is 4.78. The molecule has 2 heteroatoms. The molecule has 2 rings (SSSR count). The fourth-order valence-corrected chi connectivity index (χ4v) is 3.67. The summed E-state index contributed by atoms with van der Waals surface area (Å²) in [5.41, 5.74) is 0. The minimum absolute atomic E-state index is 0.571. The Hall–Kier alpha value is -0.0800. The fourth-order valence-electron chi connectivity index (χ4n) is 3.67. The minimum atomic E-state index is 0.571. The monoisotopic (exact) mass is 253 g/mol. The molecule has 1 saturated heterocycles. The Morgan fingerprint density at radius 3 is 2.61 bits per heavy atom. The largest absolute Gasteiger partial charge is 0.378 e. The van der Waals surface area contributed by atoms with E-state index in [2.05, 4.69) is 12.2 Å². The Labute approximate surface area is 113 Å². The lowest BCUT2D eigenvalue weighted by Gasteiger charge is -2.30. The van der Waals surface area contributed by atoms with Crippen LogP contribution in [0.3, 0.4) is 0 Å². The topological polar surface area (TPSA) is 21.3 Å².